The first-order chi connectivity index (χ1) is 13.2. The van der Waals surface area contributed by atoms with Gasteiger partial charge in [-0.05, 0) is 68.3 Å². The Morgan fingerprint density at radius 2 is 1.79 bits per heavy atom. The number of amides is 1. The standard InChI is InChI=1S/C20H22N2O5S/c1-13(2)27-20(24)15-4-6-17(7-5-15)21-28(25,26)18-8-9-19-16(12-18)10-11-22(19)14(3)23/h4-9,12-13,21H,10-11H2,1-3H3. The molecule has 0 saturated heterocycles. The Hall–Kier alpha value is -2.87. The van der Waals surface area contributed by atoms with E-state index in [-0.39, 0.29) is 16.9 Å². The monoisotopic (exact) mass is 402 g/mol. The van der Waals surface area contributed by atoms with Crippen molar-refractivity contribution in [3.63, 3.8) is 0 Å². The van der Waals surface area contributed by atoms with Gasteiger partial charge in [0, 0.05) is 24.8 Å². The van der Waals surface area contributed by atoms with Crippen LogP contribution in [0.1, 0.15) is 36.7 Å². The highest BCUT2D eigenvalue weighted by Gasteiger charge is 2.25. The third-order valence-electron chi connectivity index (χ3n) is 4.35. The summed E-state index contributed by atoms with van der Waals surface area (Å²) in [7, 11) is -3.79. The zero-order valence-electron chi connectivity index (χ0n) is 15.9. The topological polar surface area (TPSA) is 92.8 Å². The number of nitrogens with zero attached hydrogens (tertiary/aromatic N) is 1. The number of anilines is 2. The summed E-state index contributed by atoms with van der Waals surface area (Å²) in [5.74, 6) is -0.526. The van der Waals surface area contributed by atoms with Crippen LogP contribution in [0.4, 0.5) is 11.4 Å². The fraction of sp³-hybridized carbons (Fsp3) is 0.300. The molecule has 1 heterocycles. The maximum Gasteiger partial charge on any atom is 0.338 e. The number of fused-ring (bicyclic) bond motifs is 1. The first kappa shape index (κ1) is 19.9. The Morgan fingerprint density at radius 3 is 2.39 bits per heavy atom. The minimum Gasteiger partial charge on any atom is -0.459 e. The molecule has 0 atom stereocenters. The average molecular weight is 402 g/mol. The molecule has 148 valence electrons. The van der Waals surface area contributed by atoms with Gasteiger partial charge in [-0.2, -0.15) is 0 Å². The van der Waals surface area contributed by atoms with Crippen LogP contribution in [0.25, 0.3) is 0 Å². The lowest BCUT2D eigenvalue weighted by molar-refractivity contribution is -0.116. The number of hydrogen-bond acceptors (Lipinski definition) is 5. The van der Waals surface area contributed by atoms with E-state index in [9.17, 15) is 18.0 Å². The van der Waals surface area contributed by atoms with Crippen molar-refractivity contribution < 1.29 is 22.7 Å². The molecular formula is C20H22N2O5S. The number of carbonyl (C=O) groups is 2. The van der Waals surface area contributed by atoms with Crippen LogP contribution in [0, 0.1) is 0 Å². The van der Waals surface area contributed by atoms with Crippen molar-refractivity contribution in [3.8, 4) is 0 Å². The van der Waals surface area contributed by atoms with Gasteiger partial charge in [0.15, 0.2) is 0 Å². The van der Waals surface area contributed by atoms with Crippen molar-refractivity contribution in [3.05, 3.63) is 53.6 Å². The van der Waals surface area contributed by atoms with Gasteiger partial charge in [-0.3, -0.25) is 9.52 Å². The number of esters is 1. The normalized spacial score (nSPS) is 13.4. The Balaban J connectivity index is 1.77. The lowest BCUT2D eigenvalue weighted by atomic mass is 10.2. The maximum absolute atomic E-state index is 12.7. The van der Waals surface area contributed by atoms with Gasteiger partial charge in [-0.25, -0.2) is 13.2 Å². The minimum absolute atomic E-state index is 0.0661. The molecule has 2 aromatic carbocycles. The molecule has 0 radical (unpaired) electrons. The van der Waals surface area contributed by atoms with Crippen LogP contribution in [-0.4, -0.2) is 32.9 Å². The summed E-state index contributed by atoms with van der Waals surface area (Å²) in [6, 6.07) is 10.8. The molecule has 0 bridgehead atoms. The van der Waals surface area contributed by atoms with Gasteiger partial charge in [-0.1, -0.05) is 0 Å². The number of sulfonamides is 1. The van der Waals surface area contributed by atoms with E-state index < -0.39 is 16.0 Å². The number of hydrogen-bond donors (Lipinski definition) is 1. The van der Waals surface area contributed by atoms with Crippen molar-refractivity contribution in [2.45, 2.75) is 38.2 Å². The minimum atomic E-state index is -3.79. The number of nitrogens with one attached hydrogen (secondary N) is 1. The zero-order valence-corrected chi connectivity index (χ0v) is 16.7. The summed E-state index contributed by atoms with van der Waals surface area (Å²) in [5.41, 5.74) is 2.26. The Kier molecular flexibility index (Phi) is 5.42. The molecule has 0 spiro atoms. The van der Waals surface area contributed by atoms with Gasteiger partial charge < -0.3 is 9.64 Å². The number of carbonyl (C=O) groups excluding carboxylic acids is 2. The molecule has 0 aromatic heterocycles. The van der Waals surface area contributed by atoms with Gasteiger partial charge in [-0.15, -0.1) is 0 Å². The summed E-state index contributed by atoms with van der Waals surface area (Å²) >= 11 is 0. The molecule has 1 aliphatic rings. The van der Waals surface area contributed by atoms with E-state index in [1.165, 1.54) is 37.3 Å². The van der Waals surface area contributed by atoms with Crippen molar-refractivity contribution in [1.29, 1.82) is 0 Å². The fourth-order valence-electron chi connectivity index (χ4n) is 3.04. The second-order valence-corrected chi connectivity index (χ2v) is 8.53. The van der Waals surface area contributed by atoms with Crippen molar-refractivity contribution in [2.24, 2.45) is 0 Å². The summed E-state index contributed by atoms with van der Waals surface area (Å²) < 4.78 is 33.0. The Bertz CT molecular complexity index is 1010. The summed E-state index contributed by atoms with van der Waals surface area (Å²) in [6.45, 7) is 5.55. The average Bonchev–Trinajstić information content (AvgIpc) is 3.05. The van der Waals surface area contributed by atoms with Crippen molar-refractivity contribution >= 4 is 33.3 Å². The molecular weight excluding hydrogens is 380 g/mol. The zero-order chi connectivity index (χ0) is 20.5. The first-order valence-corrected chi connectivity index (χ1v) is 10.4. The van der Waals surface area contributed by atoms with E-state index in [4.69, 9.17) is 4.74 Å². The second kappa shape index (κ2) is 7.63. The van der Waals surface area contributed by atoms with Gasteiger partial charge in [0.05, 0.1) is 16.6 Å². The highest BCUT2D eigenvalue weighted by Crippen LogP contribution is 2.30. The molecule has 0 aliphatic carbocycles. The molecule has 1 N–H and O–H groups in total. The SMILES string of the molecule is CC(=O)N1CCc2cc(S(=O)(=O)Nc3ccc(C(=O)OC(C)C)cc3)ccc21. The van der Waals surface area contributed by atoms with Crippen LogP contribution in [0.15, 0.2) is 47.4 Å². The molecule has 0 fully saturated rings. The Morgan fingerprint density at radius 1 is 1.11 bits per heavy atom. The van der Waals surface area contributed by atoms with Crippen LogP contribution < -0.4 is 9.62 Å². The Labute approximate surface area is 164 Å². The molecule has 8 heteroatoms. The lowest BCUT2D eigenvalue weighted by Gasteiger charge is -2.15. The lowest BCUT2D eigenvalue weighted by Crippen LogP contribution is -2.25. The molecule has 1 amide bonds. The number of rotatable bonds is 5. The van der Waals surface area contributed by atoms with Crippen LogP contribution in [0.2, 0.25) is 0 Å². The van der Waals surface area contributed by atoms with E-state index in [0.29, 0.717) is 24.2 Å². The van der Waals surface area contributed by atoms with Gasteiger partial charge >= 0.3 is 5.97 Å². The van der Waals surface area contributed by atoms with E-state index in [2.05, 4.69) is 4.72 Å². The first-order valence-electron chi connectivity index (χ1n) is 8.92. The summed E-state index contributed by atoms with van der Waals surface area (Å²) in [4.78, 5) is 25.3. The summed E-state index contributed by atoms with van der Waals surface area (Å²) in [5, 5.41) is 0. The molecule has 0 unspecified atom stereocenters. The van der Waals surface area contributed by atoms with Crippen molar-refractivity contribution in [1.82, 2.24) is 0 Å². The molecule has 3 rings (SSSR count). The van der Waals surface area contributed by atoms with E-state index >= 15 is 0 Å². The third-order valence-corrected chi connectivity index (χ3v) is 5.73. The molecule has 2 aromatic rings. The molecule has 0 saturated carbocycles. The largest absolute Gasteiger partial charge is 0.459 e. The van der Waals surface area contributed by atoms with E-state index in [0.717, 1.165) is 11.3 Å². The van der Waals surface area contributed by atoms with Gasteiger partial charge in [0.25, 0.3) is 10.0 Å². The number of benzene rings is 2. The highest BCUT2D eigenvalue weighted by atomic mass is 32.2. The van der Waals surface area contributed by atoms with Crippen LogP contribution in [0.5, 0.6) is 0 Å². The fourth-order valence-corrected chi connectivity index (χ4v) is 4.15. The summed E-state index contributed by atoms with van der Waals surface area (Å²) in [6.07, 6.45) is 0.384. The maximum atomic E-state index is 12.7. The van der Waals surface area contributed by atoms with Crippen LogP contribution >= 0.6 is 0 Å². The second-order valence-electron chi connectivity index (χ2n) is 6.85. The molecule has 7 nitrogen and oxygen atoms in total. The van der Waals surface area contributed by atoms with Gasteiger partial charge in [0.2, 0.25) is 5.91 Å². The number of ether oxygens (including phenoxy) is 1. The van der Waals surface area contributed by atoms with Gasteiger partial charge in [0.1, 0.15) is 0 Å². The van der Waals surface area contributed by atoms with Crippen LogP contribution in [-0.2, 0) is 26.0 Å². The molecule has 1 aliphatic heterocycles. The smallest absolute Gasteiger partial charge is 0.338 e. The molecule has 28 heavy (non-hydrogen) atoms. The predicted molar refractivity (Wildman–Crippen MR) is 106 cm³/mol. The van der Waals surface area contributed by atoms with Crippen LogP contribution in [0.3, 0.4) is 0 Å². The quantitative estimate of drug-likeness (QED) is 0.776. The van der Waals surface area contributed by atoms with Crippen molar-refractivity contribution in [2.75, 3.05) is 16.2 Å². The predicted octanol–water partition coefficient (Wildman–Crippen LogP) is 2.96. The highest BCUT2D eigenvalue weighted by molar-refractivity contribution is 7.92. The van der Waals surface area contributed by atoms with E-state index in [1.807, 2.05) is 0 Å². The third kappa shape index (κ3) is 4.17. The van der Waals surface area contributed by atoms with E-state index in [1.54, 1.807) is 30.9 Å².